The SMILES string of the molecule is CN=C(NCCCCOCc1ccccc1)N(C)Cc1ccc(OC)cc1. The highest BCUT2D eigenvalue weighted by molar-refractivity contribution is 5.79. The summed E-state index contributed by atoms with van der Waals surface area (Å²) < 4.78 is 10.9. The fourth-order valence-electron chi connectivity index (χ4n) is 2.76. The Morgan fingerprint density at radius 3 is 2.41 bits per heavy atom. The second-order valence-electron chi connectivity index (χ2n) is 6.42. The highest BCUT2D eigenvalue weighted by atomic mass is 16.5. The van der Waals surface area contributed by atoms with Crippen molar-refractivity contribution in [2.45, 2.75) is 26.0 Å². The molecule has 2 rings (SSSR count). The summed E-state index contributed by atoms with van der Waals surface area (Å²) in [6.07, 6.45) is 2.07. The zero-order valence-corrected chi connectivity index (χ0v) is 16.6. The van der Waals surface area contributed by atoms with Gasteiger partial charge in [0.25, 0.3) is 0 Å². The zero-order chi connectivity index (χ0) is 19.3. The fourth-order valence-corrected chi connectivity index (χ4v) is 2.76. The maximum absolute atomic E-state index is 5.72. The monoisotopic (exact) mass is 369 g/mol. The third-order valence-electron chi connectivity index (χ3n) is 4.26. The van der Waals surface area contributed by atoms with E-state index in [4.69, 9.17) is 9.47 Å². The zero-order valence-electron chi connectivity index (χ0n) is 16.6. The summed E-state index contributed by atoms with van der Waals surface area (Å²) >= 11 is 0. The molecule has 0 atom stereocenters. The molecular weight excluding hydrogens is 338 g/mol. The standard InChI is InChI=1S/C22H31N3O2/c1-23-22(25(2)17-19-11-13-21(26-3)14-12-19)24-15-7-8-16-27-18-20-9-5-4-6-10-20/h4-6,9-14H,7-8,15-18H2,1-3H3,(H,23,24). The summed E-state index contributed by atoms with van der Waals surface area (Å²) in [6.45, 7) is 3.13. The Morgan fingerprint density at radius 1 is 1.00 bits per heavy atom. The van der Waals surface area contributed by atoms with Crippen LogP contribution in [0.4, 0.5) is 0 Å². The molecule has 0 aliphatic rings. The van der Waals surface area contributed by atoms with Crippen molar-refractivity contribution in [3.05, 3.63) is 65.7 Å². The number of nitrogens with zero attached hydrogens (tertiary/aromatic N) is 2. The predicted molar refractivity (Wildman–Crippen MR) is 111 cm³/mol. The van der Waals surface area contributed by atoms with Crippen molar-refractivity contribution in [3.63, 3.8) is 0 Å². The van der Waals surface area contributed by atoms with E-state index in [0.29, 0.717) is 6.61 Å². The molecule has 0 saturated heterocycles. The highest BCUT2D eigenvalue weighted by Crippen LogP contribution is 2.12. The number of hydrogen-bond donors (Lipinski definition) is 1. The van der Waals surface area contributed by atoms with Gasteiger partial charge in [-0.25, -0.2) is 0 Å². The number of rotatable bonds is 10. The Bertz CT molecular complexity index is 672. The number of benzene rings is 2. The van der Waals surface area contributed by atoms with Gasteiger partial charge in [0.1, 0.15) is 5.75 Å². The van der Waals surface area contributed by atoms with Crippen molar-refractivity contribution in [1.29, 1.82) is 0 Å². The molecule has 0 unspecified atom stereocenters. The van der Waals surface area contributed by atoms with Crippen LogP contribution < -0.4 is 10.1 Å². The molecule has 146 valence electrons. The molecule has 0 amide bonds. The number of unbranched alkanes of at least 4 members (excludes halogenated alkanes) is 1. The van der Waals surface area contributed by atoms with Crippen molar-refractivity contribution in [3.8, 4) is 5.75 Å². The minimum absolute atomic E-state index is 0.681. The van der Waals surface area contributed by atoms with Gasteiger partial charge in [0.15, 0.2) is 5.96 Å². The molecule has 27 heavy (non-hydrogen) atoms. The Labute approximate surface area is 163 Å². The largest absolute Gasteiger partial charge is 0.497 e. The molecule has 0 saturated carbocycles. The van der Waals surface area contributed by atoms with Crippen LogP contribution in [0.2, 0.25) is 0 Å². The quantitative estimate of drug-likeness (QED) is 0.394. The van der Waals surface area contributed by atoms with Crippen LogP contribution in [0.25, 0.3) is 0 Å². The fraction of sp³-hybridized carbons (Fsp3) is 0.409. The van der Waals surface area contributed by atoms with E-state index in [1.54, 1.807) is 7.11 Å². The lowest BCUT2D eigenvalue weighted by Crippen LogP contribution is -2.38. The summed E-state index contributed by atoms with van der Waals surface area (Å²) in [5, 5.41) is 3.42. The van der Waals surface area contributed by atoms with Crippen LogP contribution in [0.3, 0.4) is 0 Å². The van der Waals surface area contributed by atoms with Gasteiger partial charge in [-0.15, -0.1) is 0 Å². The van der Waals surface area contributed by atoms with Crippen LogP contribution in [-0.4, -0.2) is 45.2 Å². The third kappa shape index (κ3) is 7.71. The van der Waals surface area contributed by atoms with Crippen LogP contribution >= 0.6 is 0 Å². The number of hydrogen-bond acceptors (Lipinski definition) is 3. The Balaban J connectivity index is 1.61. The second kappa shape index (κ2) is 12.0. The first-order chi connectivity index (χ1) is 13.2. The highest BCUT2D eigenvalue weighted by Gasteiger charge is 2.06. The number of aliphatic imine (C=N–C) groups is 1. The smallest absolute Gasteiger partial charge is 0.193 e. The van der Waals surface area contributed by atoms with Crippen molar-refractivity contribution >= 4 is 5.96 Å². The molecule has 0 aromatic heterocycles. The van der Waals surface area contributed by atoms with Crippen molar-refractivity contribution < 1.29 is 9.47 Å². The summed E-state index contributed by atoms with van der Waals surface area (Å²) in [7, 11) is 5.54. The van der Waals surface area contributed by atoms with Gasteiger partial charge >= 0.3 is 0 Å². The molecule has 0 fully saturated rings. The van der Waals surface area contributed by atoms with Crippen molar-refractivity contribution in [2.24, 2.45) is 4.99 Å². The van der Waals surface area contributed by atoms with E-state index in [0.717, 1.165) is 44.2 Å². The average molecular weight is 370 g/mol. The molecule has 2 aromatic rings. The lowest BCUT2D eigenvalue weighted by Gasteiger charge is -2.22. The van der Waals surface area contributed by atoms with E-state index in [9.17, 15) is 0 Å². The molecule has 2 aromatic carbocycles. The summed E-state index contributed by atoms with van der Waals surface area (Å²) in [6, 6.07) is 18.4. The molecule has 0 aliphatic heterocycles. The van der Waals surface area contributed by atoms with Crippen LogP contribution in [0, 0.1) is 0 Å². The normalized spacial score (nSPS) is 11.3. The first-order valence-corrected chi connectivity index (χ1v) is 9.39. The maximum atomic E-state index is 5.72. The van der Waals surface area contributed by atoms with Crippen molar-refractivity contribution in [1.82, 2.24) is 10.2 Å². The minimum Gasteiger partial charge on any atom is -0.497 e. The van der Waals surface area contributed by atoms with Gasteiger partial charge in [-0.05, 0) is 36.1 Å². The molecule has 1 N–H and O–H groups in total. The number of methoxy groups -OCH3 is 1. The second-order valence-corrected chi connectivity index (χ2v) is 6.42. The van der Waals surface area contributed by atoms with Crippen LogP contribution in [0.5, 0.6) is 5.75 Å². The lowest BCUT2D eigenvalue weighted by molar-refractivity contribution is 0.117. The van der Waals surface area contributed by atoms with Gasteiger partial charge in [-0.2, -0.15) is 0 Å². The van der Waals surface area contributed by atoms with E-state index in [1.165, 1.54) is 11.1 Å². The van der Waals surface area contributed by atoms with E-state index in [2.05, 4.69) is 39.5 Å². The summed E-state index contributed by atoms with van der Waals surface area (Å²) in [5.74, 6) is 1.77. The molecule has 0 aliphatic carbocycles. The van der Waals surface area contributed by atoms with E-state index in [-0.39, 0.29) is 0 Å². The first-order valence-electron chi connectivity index (χ1n) is 9.39. The van der Waals surface area contributed by atoms with E-state index in [1.807, 2.05) is 44.4 Å². The first kappa shape index (κ1) is 20.8. The van der Waals surface area contributed by atoms with Crippen molar-refractivity contribution in [2.75, 3.05) is 34.4 Å². The van der Waals surface area contributed by atoms with Gasteiger partial charge < -0.3 is 19.7 Å². The number of ether oxygens (including phenoxy) is 2. The molecule has 5 nitrogen and oxygen atoms in total. The Morgan fingerprint density at radius 2 is 1.74 bits per heavy atom. The molecule has 0 spiro atoms. The van der Waals surface area contributed by atoms with Gasteiger partial charge in [-0.3, -0.25) is 4.99 Å². The number of nitrogens with one attached hydrogen (secondary N) is 1. The van der Waals surface area contributed by atoms with Gasteiger partial charge in [0.05, 0.1) is 13.7 Å². The Kier molecular flexibility index (Phi) is 9.21. The molecule has 0 bridgehead atoms. The Hall–Kier alpha value is -2.53. The van der Waals surface area contributed by atoms with Gasteiger partial charge in [-0.1, -0.05) is 42.5 Å². The lowest BCUT2D eigenvalue weighted by atomic mass is 10.2. The predicted octanol–water partition coefficient (Wildman–Crippen LogP) is 3.70. The summed E-state index contributed by atoms with van der Waals surface area (Å²) in [5.41, 5.74) is 2.44. The van der Waals surface area contributed by atoms with Gasteiger partial charge in [0, 0.05) is 33.8 Å². The average Bonchev–Trinajstić information content (AvgIpc) is 2.71. The maximum Gasteiger partial charge on any atom is 0.193 e. The minimum atomic E-state index is 0.681. The van der Waals surface area contributed by atoms with E-state index >= 15 is 0 Å². The molecule has 0 heterocycles. The third-order valence-corrected chi connectivity index (χ3v) is 4.26. The van der Waals surface area contributed by atoms with Gasteiger partial charge in [0.2, 0.25) is 0 Å². The van der Waals surface area contributed by atoms with Crippen LogP contribution in [0.15, 0.2) is 59.6 Å². The topological polar surface area (TPSA) is 46.1 Å². The van der Waals surface area contributed by atoms with Crippen LogP contribution in [0.1, 0.15) is 24.0 Å². The van der Waals surface area contributed by atoms with Crippen LogP contribution in [-0.2, 0) is 17.9 Å². The molecule has 0 radical (unpaired) electrons. The van der Waals surface area contributed by atoms with E-state index < -0.39 is 0 Å². The molecule has 5 heteroatoms. The molecular formula is C22H31N3O2. The summed E-state index contributed by atoms with van der Waals surface area (Å²) in [4.78, 5) is 6.49. The number of guanidine groups is 1.